The molecule has 6 heteroatoms. The number of benzene rings is 3. The molecule has 31 heavy (non-hydrogen) atoms. The molecule has 3 rings (SSSR count). The Morgan fingerprint density at radius 2 is 1.65 bits per heavy atom. The van der Waals surface area contributed by atoms with Crippen molar-refractivity contribution in [2.75, 3.05) is 13.2 Å². The van der Waals surface area contributed by atoms with Crippen LogP contribution in [-0.4, -0.2) is 30.9 Å². The Hall–Kier alpha value is -3.67. The van der Waals surface area contributed by atoms with Gasteiger partial charge in [0.1, 0.15) is 5.75 Å². The van der Waals surface area contributed by atoms with Gasteiger partial charge in [-0.2, -0.15) is 0 Å². The smallest absolute Gasteiger partial charge is 0.309 e. The fourth-order valence-corrected chi connectivity index (χ4v) is 3.25. The van der Waals surface area contributed by atoms with E-state index in [1.165, 1.54) is 6.92 Å². The first-order valence-electron chi connectivity index (χ1n) is 10.1. The molecule has 3 aromatic carbocycles. The molecule has 1 unspecified atom stereocenters. The van der Waals surface area contributed by atoms with Crippen molar-refractivity contribution >= 4 is 28.4 Å². The summed E-state index contributed by atoms with van der Waals surface area (Å²) in [6, 6.07) is 20.4. The molecule has 0 aromatic heterocycles. The molecule has 1 amide bonds. The molecule has 1 N–H and O–H groups in total. The van der Waals surface area contributed by atoms with Gasteiger partial charge in [0.15, 0.2) is 12.4 Å². The highest BCUT2D eigenvalue weighted by atomic mass is 16.5. The van der Waals surface area contributed by atoms with Crippen molar-refractivity contribution < 1.29 is 23.9 Å². The SMILES string of the molecule is CC(=O)c1ccc(OCCC(=O)OCC(=O)NC(C)c2cccc3ccccc23)cc1. The van der Waals surface area contributed by atoms with E-state index in [0.717, 1.165) is 16.3 Å². The molecule has 0 bridgehead atoms. The maximum absolute atomic E-state index is 12.2. The summed E-state index contributed by atoms with van der Waals surface area (Å²) in [5, 5.41) is 5.04. The van der Waals surface area contributed by atoms with E-state index >= 15 is 0 Å². The molecule has 0 radical (unpaired) electrons. The van der Waals surface area contributed by atoms with Crippen LogP contribution in [-0.2, 0) is 14.3 Å². The van der Waals surface area contributed by atoms with E-state index in [2.05, 4.69) is 5.32 Å². The first-order valence-corrected chi connectivity index (χ1v) is 10.1. The minimum absolute atomic E-state index is 0.0145. The van der Waals surface area contributed by atoms with Crippen LogP contribution in [0.2, 0.25) is 0 Å². The molecule has 0 saturated carbocycles. The zero-order valence-corrected chi connectivity index (χ0v) is 17.6. The van der Waals surface area contributed by atoms with Crippen LogP contribution >= 0.6 is 0 Å². The van der Waals surface area contributed by atoms with Gasteiger partial charge in [0, 0.05) is 5.56 Å². The average molecular weight is 419 g/mol. The lowest BCUT2D eigenvalue weighted by Gasteiger charge is -2.16. The number of ketones is 1. The molecule has 160 valence electrons. The van der Waals surface area contributed by atoms with E-state index < -0.39 is 5.97 Å². The van der Waals surface area contributed by atoms with Crippen LogP contribution in [0.3, 0.4) is 0 Å². The molecule has 0 saturated heterocycles. The van der Waals surface area contributed by atoms with Crippen molar-refractivity contribution in [3.05, 3.63) is 77.9 Å². The number of hydrogen-bond donors (Lipinski definition) is 1. The molecule has 0 fully saturated rings. The summed E-state index contributed by atoms with van der Waals surface area (Å²) >= 11 is 0. The van der Waals surface area contributed by atoms with Crippen LogP contribution in [0.1, 0.15) is 42.2 Å². The summed E-state index contributed by atoms with van der Waals surface area (Å²) < 4.78 is 10.5. The molecular weight excluding hydrogens is 394 g/mol. The second-order valence-corrected chi connectivity index (χ2v) is 7.20. The largest absolute Gasteiger partial charge is 0.493 e. The van der Waals surface area contributed by atoms with E-state index in [-0.39, 0.29) is 37.4 Å². The van der Waals surface area contributed by atoms with Gasteiger partial charge in [0.25, 0.3) is 5.91 Å². The number of nitrogens with one attached hydrogen (secondary N) is 1. The second-order valence-electron chi connectivity index (χ2n) is 7.20. The lowest BCUT2D eigenvalue weighted by molar-refractivity contribution is -0.149. The van der Waals surface area contributed by atoms with Gasteiger partial charge >= 0.3 is 5.97 Å². The Labute approximate surface area is 181 Å². The van der Waals surface area contributed by atoms with Gasteiger partial charge in [-0.3, -0.25) is 14.4 Å². The van der Waals surface area contributed by atoms with E-state index in [1.807, 2.05) is 49.4 Å². The summed E-state index contributed by atoms with van der Waals surface area (Å²) in [6.07, 6.45) is 0.0145. The first kappa shape index (κ1) is 22.0. The van der Waals surface area contributed by atoms with Crippen LogP contribution in [0, 0.1) is 0 Å². The molecule has 0 aliphatic rings. The quantitative estimate of drug-likeness (QED) is 0.415. The Bertz CT molecular complexity index is 1070. The Kier molecular flexibility index (Phi) is 7.38. The standard InChI is InChI=1S/C25H25NO5/c1-17(22-9-5-7-20-6-3-4-8-23(20)22)26-24(28)16-31-25(29)14-15-30-21-12-10-19(11-13-21)18(2)27/h3-13,17H,14-16H2,1-2H3,(H,26,28). The van der Waals surface area contributed by atoms with E-state index in [1.54, 1.807) is 24.3 Å². The Balaban J connectivity index is 1.41. The highest BCUT2D eigenvalue weighted by molar-refractivity contribution is 5.94. The molecule has 3 aromatic rings. The fraction of sp³-hybridized carbons (Fsp3) is 0.240. The molecule has 0 spiro atoms. The number of Topliss-reactive ketones (excluding diaryl/α,β-unsaturated/α-hetero) is 1. The molecule has 0 aliphatic carbocycles. The lowest BCUT2D eigenvalue weighted by atomic mass is 10.00. The summed E-state index contributed by atoms with van der Waals surface area (Å²) in [5.41, 5.74) is 1.59. The van der Waals surface area contributed by atoms with Crippen molar-refractivity contribution in [1.29, 1.82) is 0 Å². The maximum Gasteiger partial charge on any atom is 0.309 e. The highest BCUT2D eigenvalue weighted by Gasteiger charge is 2.14. The number of fused-ring (bicyclic) bond motifs is 1. The van der Waals surface area contributed by atoms with Gasteiger partial charge in [-0.15, -0.1) is 0 Å². The minimum atomic E-state index is -0.520. The average Bonchev–Trinajstić information content (AvgIpc) is 2.77. The van der Waals surface area contributed by atoms with Gasteiger partial charge in [0.2, 0.25) is 0 Å². The summed E-state index contributed by atoms with van der Waals surface area (Å²) in [6.45, 7) is 3.16. The fourth-order valence-electron chi connectivity index (χ4n) is 3.25. The third kappa shape index (κ3) is 6.15. The van der Waals surface area contributed by atoms with Crippen molar-refractivity contribution in [1.82, 2.24) is 5.32 Å². The lowest BCUT2D eigenvalue weighted by Crippen LogP contribution is -2.31. The third-order valence-electron chi connectivity index (χ3n) is 4.87. The Morgan fingerprint density at radius 3 is 2.39 bits per heavy atom. The van der Waals surface area contributed by atoms with Crippen LogP contribution < -0.4 is 10.1 Å². The monoisotopic (exact) mass is 419 g/mol. The van der Waals surface area contributed by atoms with Gasteiger partial charge in [-0.25, -0.2) is 0 Å². The van der Waals surface area contributed by atoms with Gasteiger partial charge in [0.05, 0.1) is 19.1 Å². The third-order valence-corrected chi connectivity index (χ3v) is 4.87. The molecule has 6 nitrogen and oxygen atoms in total. The zero-order valence-electron chi connectivity index (χ0n) is 17.6. The topological polar surface area (TPSA) is 81.7 Å². The van der Waals surface area contributed by atoms with E-state index in [4.69, 9.17) is 9.47 Å². The van der Waals surface area contributed by atoms with Gasteiger partial charge in [-0.1, -0.05) is 42.5 Å². The van der Waals surface area contributed by atoms with Crippen molar-refractivity contribution in [2.24, 2.45) is 0 Å². The number of carbonyl (C=O) groups excluding carboxylic acids is 3. The normalized spacial score (nSPS) is 11.5. The number of esters is 1. The first-order chi connectivity index (χ1) is 14.9. The Morgan fingerprint density at radius 1 is 0.935 bits per heavy atom. The van der Waals surface area contributed by atoms with Crippen LogP contribution in [0.25, 0.3) is 10.8 Å². The predicted molar refractivity (Wildman–Crippen MR) is 118 cm³/mol. The van der Waals surface area contributed by atoms with Crippen LogP contribution in [0.4, 0.5) is 0 Å². The van der Waals surface area contributed by atoms with Crippen molar-refractivity contribution in [3.8, 4) is 5.75 Å². The zero-order chi connectivity index (χ0) is 22.2. The maximum atomic E-state index is 12.2. The van der Waals surface area contributed by atoms with Crippen LogP contribution in [0.5, 0.6) is 5.75 Å². The number of carbonyl (C=O) groups is 3. The molecular formula is C25H25NO5. The minimum Gasteiger partial charge on any atom is -0.493 e. The number of ether oxygens (including phenoxy) is 2. The number of hydrogen-bond acceptors (Lipinski definition) is 5. The van der Waals surface area contributed by atoms with Crippen molar-refractivity contribution in [3.63, 3.8) is 0 Å². The predicted octanol–water partition coefficient (Wildman–Crippen LogP) is 4.23. The highest BCUT2D eigenvalue weighted by Crippen LogP contribution is 2.23. The second kappa shape index (κ2) is 10.4. The van der Waals surface area contributed by atoms with E-state index in [9.17, 15) is 14.4 Å². The summed E-state index contributed by atoms with van der Waals surface area (Å²) in [5.74, 6) is -0.356. The summed E-state index contributed by atoms with van der Waals surface area (Å²) in [7, 11) is 0. The van der Waals surface area contributed by atoms with E-state index in [0.29, 0.717) is 11.3 Å². The molecule has 1 atom stereocenters. The number of amides is 1. The van der Waals surface area contributed by atoms with Gasteiger partial charge < -0.3 is 14.8 Å². The summed E-state index contributed by atoms with van der Waals surface area (Å²) in [4.78, 5) is 35.3. The molecule has 0 heterocycles. The van der Waals surface area contributed by atoms with Crippen molar-refractivity contribution in [2.45, 2.75) is 26.3 Å². The van der Waals surface area contributed by atoms with Crippen LogP contribution in [0.15, 0.2) is 66.7 Å². The number of rotatable bonds is 9. The van der Waals surface area contributed by atoms with Gasteiger partial charge in [-0.05, 0) is 54.4 Å². The molecule has 0 aliphatic heterocycles.